The second kappa shape index (κ2) is 6.04. The molecule has 1 fully saturated rings. The number of hydrogen-bond donors (Lipinski definition) is 1. The second-order valence-corrected chi connectivity index (χ2v) is 7.11. The molecule has 0 bridgehead atoms. The van der Waals surface area contributed by atoms with Crippen LogP contribution in [0, 0.1) is 15.5 Å². The number of anilines is 1. The summed E-state index contributed by atoms with van der Waals surface area (Å²) in [4.78, 5) is 10.8. The summed E-state index contributed by atoms with van der Waals surface area (Å²) in [5, 5.41) is 14.6. The van der Waals surface area contributed by atoms with E-state index in [1.54, 1.807) is 6.07 Å². The monoisotopic (exact) mass is 294 g/mol. The quantitative estimate of drug-likeness (QED) is 0.671. The lowest BCUT2D eigenvalue weighted by atomic mass is 9.82. The number of benzene rings is 1. The highest BCUT2D eigenvalue weighted by Crippen LogP contribution is 2.36. The fraction of sp³-hybridized carbons (Fsp3) is 0.600. The van der Waals surface area contributed by atoms with E-state index >= 15 is 0 Å². The minimum absolute atomic E-state index is 0.221. The average Bonchev–Trinajstić information content (AvgIpc) is 2.41. The van der Waals surface area contributed by atoms with Crippen LogP contribution in [-0.2, 0) is 6.42 Å². The molecular weight excluding hydrogens is 272 g/mol. The van der Waals surface area contributed by atoms with Gasteiger partial charge in [-0.1, -0.05) is 26.8 Å². The highest BCUT2D eigenvalue weighted by molar-refractivity contribution is 7.99. The molecule has 1 heterocycles. The van der Waals surface area contributed by atoms with Gasteiger partial charge in [-0.05, 0) is 30.1 Å². The summed E-state index contributed by atoms with van der Waals surface area (Å²) in [5.41, 5.74) is 2.09. The van der Waals surface area contributed by atoms with E-state index in [1.807, 2.05) is 30.8 Å². The van der Waals surface area contributed by atoms with Crippen molar-refractivity contribution in [1.82, 2.24) is 0 Å². The van der Waals surface area contributed by atoms with Crippen molar-refractivity contribution in [3.05, 3.63) is 33.9 Å². The molecule has 20 heavy (non-hydrogen) atoms. The molecule has 110 valence electrons. The fourth-order valence-electron chi connectivity index (χ4n) is 2.50. The Labute approximate surface area is 124 Å². The van der Waals surface area contributed by atoms with Crippen molar-refractivity contribution < 1.29 is 4.92 Å². The zero-order chi connectivity index (χ0) is 14.8. The molecule has 1 aromatic carbocycles. The first-order valence-electron chi connectivity index (χ1n) is 7.05. The van der Waals surface area contributed by atoms with Crippen molar-refractivity contribution in [2.75, 3.05) is 16.8 Å². The summed E-state index contributed by atoms with van der Waals surface area (Å²) in [5.74, 6) is 2.25. The molecule has 1 aliphatic rings. The number of thioether (sulfide) groups is 1. The minimum atomic E-state index is -0.287. The molecule has 0 saturated carbocycles. The summed E-state index contributed by atoms with van der Waals surface area (Å²) < 4.78 is 0. The Morgan fingerprint density at radius 3 is 2.85 bits per heavy atom. The zero-order valence-electron chi connectivity index (χ0n) is 12.3. The summed E-state index contributed by atoms with van der Waals surface area (Å²) in [6.45, 7) is 6.47. The van der Waals surface area contributed by atoms with Crippen molar-refractivity contribution >= 4 is 23.1 Å². The van der Waals surface area contributed by atoms with Crippen molar-refractivity contribution in [2.45, 2.75) is 39.7 Å². The lowest BCUT2D eigenvalue weighted by molar-refractivity contribution is -0.385. The molecule has 0 amide bonds. The van der Waals surface area contributed by atoms with Gasteiger partial charge in [-0.25, -0.2) is 0 Å². The fourth-order valence-corrected chi connectivity index (χ4v) is 4.10. The van der Waals surface area contributed by atoms with Crippen LogP contribution in [0.15, 0.2) is 18.2 Å². The smallest absolute Gasteiger partial charge is 0.274 e. The van der Waals surface area contributed by atoms with E-state index in [4.69, 9.17) is 0 Å². The van der Waals surface area contributed by atoms with Crippen LogP contribution in [0.1, 0.15) is 32.8 Å². The Morgan fingerprint density at radius 2 is 2.25 bits per heavy atom. The molecule has 5 heteroatoms. The number of nitrogens with one attached hydrogen (secondary N) is 1. The van der Waals surface area contributed by atoms with Crippen LogP contribution in [0.4, 0.5) is 11.4 Å². The number of nitro groups is 1. The molecule has 0 spiro atoms. The normalized spacial score (nSPS) is 21.4. The molecule has 0 aliphatic carbocycles. The maximum absolute atomic E-state index is 11.1. The zero-order valence-corrected chi connectivity index (χ0v) is 13.1. The number of nitrogens with zero attached hydrogens (tertiary/aromatic N) is 1. The first-order valence-corrected chi connectivity index (χ1v) is 8.21. The number of hydrogen-bond acceptors (Lipinski definition) is 4. The summed E-state index contributed by atoms with van der Waals surface area (Å²) in [7, 11) is 0. The highest BCUT2D eigenvalue weighted by Gasteiger charge is 2.32. The van der Waals surface area contributed by atoms with E-state index in [0.29, 0.717) is 12.5 Å². The third-order valence-electron chi connectivity index (χ3n) is 4.12. The topological polar surface area (TPSA) is 55.2 Å². The summed E-state index contributed by atoms with van der Waals surface area (Å²) in [6.07, 6.45) is 1.85. The van der Waals surface area contributed by atoms with Crippen LogP contribution < -0.4 is 5.32 Å². The minimum Gasteiger partial charge on any atom is -0.381 e. The molecule has 2 rings (SSSR count). The van der Waals surface area contributed by atoms with E-state index in [9.17, 15) is 10.1 Å². The average molecular weight is 294 g/mol. The number of aryl methyl sites for hydroxylation is 1. The number of rotatable bonds is 4. The standard InChI is InChI=1S/C15H22N2O2S/c1-4-11-5-6-12(9-13(11)17(18)19)16-14-10-20-8-7-15(14,2)3/h5-6,9,14,16H,4,7-8,10H2,1-3H3. The molecular formula is C15H22N2O2S. The van der Waals surface area contributed by atoms with E-state index in [0.717, 1.165) is 17.0 Å². The van der Waals surface area contributed by atoms with Crippen LogP contribution in [0.5, 0.6) is 0 Å². The van der Waals surface area contributed by atoms with Gasteiger partial charge in [0, 0.05) is 29.1 Å². The maximum atomic E-state index is 11.1. The largest absolute Gasteiger partial charge is 0.381 e. The molecule has 0 aromatic heterocycles. The Kier molecular flexibility index (Phi) is 4.58. The van der Waals surface area contributed by atoms with Crippen molar-refractivity contribution in [3.63, 3.8) is 0 Å². The summed E-state index contributed by atoms with van der Waals surface area (Å²) >= 11 is 1.95. The Bertz CT molecular complexity index is 503. The van der Waals surface area contributed by atoms with Crippen molar-refractivity contribution in [3.8, 4) is 0 Å². The van der Waals surface area contributed by atoms with Gasteiger partial charge in [0.15, 0.2) is 0 Å². The molecule has 1 aliphatic heterocycles. The van der Waals surface area contributed by atoms with Crippen molar-refractivity contribution in [1.29, 1.82) is 0 Å². The maximum Gasteiger partial charge on any atom is 0.274 e. The highest BCUT2D eigenvalue weighted by atomic mass is 32.2. The molecule has 1 unspecified atom stereocenters. The molecule has 4 nitrogen and oxygen atoms in total. The van der Waals surface area contributed by atoms with Crippen LogP contribution in [-0.4, -0.2) is 22.5 Å². The SMILES string of the molecule is CCc1ccc(NC2CSCCC2(C)C)cc1[N+](=O)[O-]. The van der Waals surface area contributed by atoms with E-state index in [2.05, 4.69) is 19.2 Å². The van der Waals surface area contributed by atoms with Crippen LogP contribution in [0.25, 0.3) is 0 Å². The molecule has 1 atom stereocenters. The first kappa shape index (κ1) is 15.2. The molecule has 1 aromatic rings. The van der Waals surface area contributed by atoms with E-state index in [1.165, 1.54) is 12.2 Å². The Balaban J connectivity index is 2.21. The molecule has 1 saturated heterocycles. The lowest BCUT2D eigenvalue weighted by Gasteiger charge is -2.39. The van der Waals surface area contributed by atoms with Gasteiger partial charge in [-0.2, -0.15) is 11.8 Å². The van der Waals surface area contributed by atoms with Gasteiger partial charge in [-0.3, -0.25) is 10.1 Å². The predicted molar refractivity (Wildman–Crippen MR) is 85.6 cm³/mol. The lowest BCUT2D eigenvalue weighted by Crippen LogP contribution is -2.41. The van der Waals surface area contributed by atoms with Gasteiger partial charge in [0.1, 0.15) is 0 Å². The van der Waals surface area contributed by atoms with Crippen LogP contribution >= 0.6 is 11.8 Å². The number of nitro benzene ring substituents is 1. The third-order valence-corrected chi connectivity index (χ3v) is 5.18. The molecule has 0 radical (unpaired) electrons. The van der Waals surface area contributed by atoms with Gasteiger partial charge >= 0.3 is 0 Å². The van der Waals surface area contributed by atoms with E-state index in [-0.39, 0.29) is 16.0 Å². The Hall–Kier alpha value is -1.23. The van der Waals surface area contributed by atoms with Crippen LogP contribution in [0.3, 0.4) is 0 Å². The van der Waals surface area contributed by atoms with E-state index < -0.39 is 0 Å². The second-order valence-electron chi connectivity index (χ2n) is 5.96. The van der Waals surface area contributed by atoms with Gasteiger partial charge < -0.3 is 5.32 Å². The summed E-state index contributed by atoms with van der Waals surface area (Å²) in [6, 6.07) is 5.85. The third kappa shape index (κ3) is 3.26. The van der Waals surface area contributed by atoms with Crippen LogP contribution in [0.2, 0.25) is 0 Å². The van der Waals surface area contributed by atoms with Gasteiger partial charge in [-0.15, -0.1) is 0 Å². The van der Waals surface area contributed by atoms with Gasteiger partial charge in [0.25, 0.3) is 5.69 Å². The van der Waals surface area contributed by atoms with Gasteiger partial charge in [0.2, 0.25) is 0 Å². The first-order chi connectivity index (χ1) is 9.44. The Morgan fingerprint density at radius 1 is 1.50 bits per heavy atom. The predicted octanol–water partition coefficient (Wildman–Crippen LogP) is 4.10. The van der Waals surface area contributed by atoms with Crippen molar-refractivity contribution in [2.24, 2.45) is 5.41 Å². The molecule has 1 N–H and O–H groups in total. The van der Waals surface area contributed by atoms with Gasteiger partial charge in [0.05, 0.1) is 4.92 Å².